The fraction of sp³-hybridized carbons (Fsp3) is 0.579. The highest BCUT2D eigenvalue weighted by Gasteiger charge is 2.65. The van der Waals surface area contributed by atoms with E-state index in [2.05, 4.69) is 0 Å². The Balaban J connectivity index is 2.11. The number of fused-ring (bicyclic) bond motifs is 1. The first kappa shape index (κ1) is 19.2. The molecule has 0 amide bonds. The molecule has 1 saturated carbocycles. The van der Waals surface area contributed by atoms with Gasteiger partial charge < -0.3 is 18.9 Å². The first-order chi connectivity index (χ1) is 12.0. The molecular formula is C19H26O6. The molecule has 6 nitrogen and oxygen atoms in total. The molecule has 0 aromatic heterocycles. The molecule has 25 heavy (non-hydrogen) atoms. The summed E-state index contributed by atoms with van der Waals surface area (Å²) in [5.41, 5.74) is -0.525. The number of rotatable bonds is 8. The SMILES string of the molecule is CCOC(=O)/C=C/[C@H]1C[C@H]2[C@@H](C=C1OC)[C@@]2(/C=C/C(=O)OCC)OC. The van der Waals surface area contributed by atoms with Crippen LogP contribution in [-0.2, 0) is 28.5 Å². The Morgan fingerprint density at radius 3 is 2.36 bits per heavy atom. The third-order valence-electron chi connectivity index (χ3n) is 4.75. The van der Waals surface area contributed by atoms with E-state index in [1.54, 1.807) is 40.2 Å². The van der Waals surface area contributed by atoms with Crippen LogP contribution in [0.15, 0.2) is 36.1 Å². The van der Waals surface area contributed by atoms with E-state index in [1.807, 2.05) is 6.08 Å². The van der Waals surface area contributed by atoms with Crippen molar-refractivity contribution in [2.45, 2.75) is 25.9 Å². The van der Waals surface area contributed by atoms with Crippen LogP contribution in [0.3, 0.4) is 0 Å². The van der Waals surface area contributed by atoms with Gasteiger partial charge >= 0.3 is 11.9 Å². The van der Waals surface area contributed by atoms with Crippen molar-refractivity contribution in [2.24, 2.45) is 17.8 Å². The van der Waals surface area contributed by atoms with Crippen LogP contribution >= 0.6 is 0 Å². The number of carbonyl (C=O) groups excluding carboxylic acids is 2. The van der Waals surface area contributed by atoms with Gasteiger partial charge in [0.2, 0.25) is 0 Å². The first-order valence-corrected chi connectivity index (χ1v) is 8.54. The summed E-state index contributed by atoms with van der Waals surface area (Å²) in [4.78, 5) is 23.1. The highest BCUT2D eigenvalue weighted by Crippen LogP contribution is 2.61. The van der Waals surface area contributed by atoms with E-state index in [1.165, 1.54) is 12.2 Å². The van der Waals surface area contributed by atoms with Gasteiger partial charge in [0, 0.05) is 37.0 Å². The first-order valence-electron chi connectivity index (χ1n) is 8.54. The molecule has 0 spiro atoms. The number of esters is 2. The van der Waals surface area contributed by atoms with Crippen LogP contribution in [0.25, 0.3) is 0 Å². The second-order valence-electron chi connectivity index (χ2n) is 6.00. The van der Waals surface area contributed by atoms with Crippen molar-refractivity contribution in [3.63, 3.8) is 0 Å². The molecule has 0 aromatic carbocycles. The summed E-state index contributed by atoms with van der Waals surface area (Å²) in [6.45, 7) is 4.22. The topological polar surface area (TPSA) is 71.1 Å². The average molecular weight is 350 g/mol. The lowest BCUT2D eigenvalue weighted by molar-refractivity contribution is -0.138. The van der Waals surface area contributed by atoms with Crippen molar-refractivity contribution in [3.8, 4) is 0 Å². The summed E-state index contributed by atoms with van der Waals surface area (Å²) in [6.07, 6.45) is 9.23. The number of ether oxygens (including phenoxy) is 4. The maximum absolute atomic E-state index is 11.6. The molecular weight excluding hydrogens is 324 g/mol. The fourth-order valence-electron chi connectivity index (χ4n) is 3.51. The number of hydrogen-bond acceptors (Lipinski definition) is 6. The molecule has 0 bridgehead atoms. The Hall–Kier alpha value is -2.08. The van der Waals surface area contributed by atoms with E-state index in [0.29, 0.717) is 13.2 Å². The maximum atomic E-state index is 11.6. The smallest absolute Gasteiger partial charge is 0.330 e. The molecule has 2 aliphatic carbocycles. The van der Waals surface area contributed by atoms with Crippen LogP contribution in [0.4, 0.5) is 0 Å². The molecule has 2 aliphatic rings. The van der Waals surface area contributed by atoms with E-state index >= 15 is 0 Å². The van der Waals surface area contributed by atoms with Crippen molar-refractivity contribution < 1.29 is 28.5 Å². The zero-order valence-corrected chi connectivity index (χ0v) is 15.2. The molecule has 2 rings (SSSR count). The van der Waals surface area contributed by atoms with E-state index in [9.17, 15) is 9.59 Å². The van der Waals surface area contributed by atoms with E-state index in [-0.39, 0.29) is 29.7 Å². The molecule has 0 aromatic rings. The Morgan fingerprint density at radius 2 is 1.80 bits per heavy atom. The second kappa shape index (κ2) is 8.34. The van der Waals surface area contributed by atoms with Gasteiger partial charge in [-0.3, -0.25) is 0 Å². The number of hydrogen-bond donors (Lipinski definition) is 0. The summed E-state index contributed by atoms with van der Waals surface area (Å²) in [5.74, 6) is 0.395. The van der Waals surface area contributed by atoms with Gasteiger partial charge in [-0.2, -0.15) is 0 Å². The average Bonchev–Trinajstić information content (AvgIpc) is 3.24. The Labute approximate surface area is 148 Å². The van der Waals surface area contributed by atoms with Crippen molar-refractivity contribution in [2.75, 3.05) is 27.4 Å². The lowest BCUT2D eigenvalue weighted by atomic mass is 9.93. The Bertz CT molecular complexity index is 591. The summed E-state index contributed by atoms with van der Waals surface area (Å²) in [7, 11) is 3.25. The second-order valence-corrected chi connectivity index (χ2v) is 6.00. The van der Waals surface area contributed by atoms with Gasteiger partial charge in [-0.15, -0.1) is 0 Å². The predicted molar refractivity (Wildman–Crippen MR) is 91.5 cm³/mol. The van der Waals surface area contributed by atoms with Crippen LogP contribution in [0.1, 0.15) is 20.3 Å². The van der Waals surface area contributed by atoms with E-state index < -0.39 is 5.60 Å². The van der Waals surface area contributed by atoms with Crippen molar-refractivity contribution in [1.29, 1.82) is 0 Å². The van der Waals surface area contributed by atoms with Crippen LogP contribution in [0.2, 0.25) is 0 Å². The summed E-state index contributed by atoms with van der Waals surface area (Å²) >= 11 is 0. The molecule has 0 radical (unpaired) electrons. The molecule has 6 heteroatoms. The van der Waals surface area contributed by atoms with Gasteiger partial charge in [0.1, 0.15) is 0 Å². The predicted octanol–water partition coefficient (Wildman–Crippen LogP) is 2.41. The Kier molecular flexibility index (Phi) is 6.42. The van der Waals surface area contributed by atoms with Crippen LogP contribution in [0, 0.1) is 17.8 Å². The van der Waals surface area contributed by atoms with Gasteiger partial charge in [-0.05, 0) is 32.4 Å². The van der Waals surface area contributed by atoms with Crippen molar-refractivity contribution in [3.05, 3.63) is 36.1 Å². The maximum Gasteiger partial charge on any atom is 0.330 e. The van der Waals surface area contributed by atoms with Gasteiger partial charge in [-0.25, -0.2) is 9.59 Å². The monoisotopic (exact) mass is 350 g/mol. The van der Waals surface area contributed by atoms with E-state index in [0.717, 1.165) is 12.2 Å². The standard InChI is InChI=1S/C19H26O6/c1-5-24-17(20)8-7-13-11-14-15(12-16(13)22-3)19(14,23-4)10-9-18(21)25-6-2/h7-10,12-15H,5-6,11H2,1-4H3/b8-7+,10-9+/t13-,14-,15+,19-/m0/s1. The lowest BCUT2D eigenvalue weighted by Crippen LogP contribution is -2.15. The lowest BCUT2D eigenvalue weighted by Gasteiger charge is -2.19. The van der Waals surface area contributed by atoms with Crippen molar-refractivity contribution in [1.82, 2.24) is 0 Å². The minimum atomic E-state index is -0.525. The van der Waals surface area contributed by atoms with Gasteiger partial charge in [0.25, 0.3) is 0 Å². The molecule has 0 saturated heterocycles. The van der Waals surface area contributed by atoms with Gasteiger partial charge in [-0.1, -0.05) is 6.08 Å². The minimum absolute atomic E-state index is 0.0244. The number of allylic oxidation sites excluding steroid dienone is 1. The quantitative estimate of drug-likeness (QED) is 0.494. The number of methoxy groups -OCH3 is 2. The normalized spacial score (nSPS) is 30.7. The third kappa shape index (κ3) is 4.12. The Morgan fingerprint density at radius 1 is 1.16 bits per heavy atom. The van der Waals surface area contributed by atoms with Gasteiger partial charge in [0.15, 0.2) is 0 Å². The molecule has 0 aliphatic heterocycles. The third-order valence-corrected chi connectivity index (χ3v) is 4.75. The molecule has 1 fully saturated rings. The largest absolute Gasteiger partial charge is 0.501 e. The summed E-state index contributed by atoms with van der Waals surface area (Å²) < 4.78 is 21.0. The minimum Gasteiger partial charge on any atom is -0.501 e. The molecule has 0 unspecified atom stereocenters. The van der Waals surface area contributed by atoms with Crippen LogP contribution < -0.4 is 0 Å². The molecule has 0 heterocycles. The zero-order valence-electron chi connectivity index (χ0n) is 15.2. The highest BCUT2D eigenvalue weighted by atomic mass is 16.5. The molecule has 138 valence electrons. The number of carbonyl (C=O) groups is 2. The summed E-state index contributed by atoms with van der Waals surface area (Å²) in [6, 6.07) is 0. The highest BCUT2D eigenvalue weighted by molar-refractivity contribution is 5.82. The van der Waals surface area contributed by atoms with Crippen LogP contribution in [-0.4, -0.2) is 45.0 Å². The van der Waals surface area contributed by atoms with E-state index in [4.69, 9.17) is 18.9 Å². The fourth-order valence-corrected chi connectivity index (χ4v) is 3.51. The zero-order chi connectivity index (χ0) is 18.4. The van der Waals surface area contributed by atoms with Gasteiger partial charge in [0.05, 0.1) is 31.7 Å². The van der Waals surface area contributed by atoms with Crippen molar-refractivity contribution >= 4 is 11.9 Å². The molecule has 0 N–H and O–H groups in total. The van der Waals surface area contributed by atoms with Crippen LogP contribution in [0.5, 0.6) is 0 Å². The molecule has 4 atom stereocenters. The summed E-state index contributed by atoms with van der Waals surface area (Å²) in [5, 5.41) is 0.